The predicted octanol–water partition coefficient (Wildman–Crippen LogP) is 4.01. The third-order valence-electron chi connectivity index (χ3n) is 1.99. The normalized spacial score (nSPS) is 18.2. The molecule has 1 aliphatic carbocycles. The van der Waals surface area contributed by atoms with Crippen molar-refractivity contribution in [2.45, 2.75) is 18.8 Å². The summed E-state index contributed by atoms with van der Waals surface area (Å²) in [7, 11) is 0. The summed E-state index contributed by atoms with van der Waals surface area (Å²) in [6, 6.07) is 3.18. The van der Waals surface area contributed by atoms with Crippen LogP contribution in [0.2, 0.25) is 0 Å². The maximum absolute atomic E-state index is 13.3. The molecule has 0 aromatic carbocycles. The fourth-order valence-electron chi connectivity index (χ4n) is 1.14. The van der Waals surface area contributed by atoms with Gasteiger partial charge in [0.05, 0.1) is 8.66 Å². The van der Waals surface area contributed by atoms with E-state index in [1.807, 2.05) is 0 Å². The first-order chi connectivity index (χ1) is 5.60. The minimum atomic E-state index is -2.59. The molecule has 0 unspecified atom stereocenters. The van der Waals surface area contributed by atoms with E-state index in [9.17, 15) is 8.78 Å². The summed E-state index contributed by atoms with van der Waals surface area (Å²) in [4.78, 5) is 0.192. The number of thiophene rings is 1. The van der Waals surface area contributed by atoms with Crippen LogP contribution in [0.25, 0.3) is 0 Å². The van der Waals surface area contributed by atoms with E-state index in [2.05, 4.69) is 15.9 Å². The van der Waals surface area contributed by atoms with Crippen LogP contribution < -0.4 is 0 Å². The van der Waals surface area contributed by atoms with E-state index in [0.29, 0.717) is 12.8 Å². The summed E-state index contributed by atoms with van der Waals surface area (Å²) in [6.07, 6.45) is 1.34. The number of rotatable bonds is 2. The summed E-state index contributed by atoms with van der Waals surface area (Å²) in [5, 5.41) is 0. The minimum absolute atomic E-state index is 0.192. The van der Waals surface area contributed by atoms with E-state index < -0.39 is 11.8 Å². The number of hydrogen-bond donors (Lipinski definition) is 0. The molecule has 0 radical (unpaired) electrons. The van der Waals surface area contributed by atoms with E-state index in [0.717, 1.165) is 15.1 Å². The maximum Gasteiger partial charge on any atom is 0.284 e. The second kappa shape index (κ2) is 2.77. The Morgan fingerprint density at radius 2 is 2.08 bits per heavy atom. The van der Waals surface area contributed by atoms with Crippen molar-refractivity contribution in [2.24, 2.45) is 5.92 Å². The van der Waals surface area contributed by atoms with Gasteiger partial charge in [-0.25, -0.2) is 8.78 Å². The Bertz CT molecular complexity index is 291. The molecule has 4 heteroatoms. The third kappa shape index (κ3) is 1.42. The summed E-state index contributed by atoms with van der Waals surface area (Å²) >= 11 is 4.31. The highest BCUT2D eigenvalue weighted by atomic mass is 79.9. The first kappa shape index (κ1) is 8.63. The molecule has 66 valence electrons. The van der Waals surface area contributed by atoms with Crippen LogP contribution >= 0.6 is 27.3 Å². The van der Waals surface area contributed by atoms with Gasteiger partial charge in [-0.1, -0.05) is 0 Å². The fourth-order valence-corrected chi connectivity index (χ4v) is 2.58. The predicted molar refractivity (Wildman–Crippen MR) is 48.6 cm³/mol. The van der Waals surface area contributed by atoms with Crippen LogP contribution in [0.15, 0.2) is 15.9 Å². The van der Waals surface area contributed by atoms with Crippen molar-refractivity contribution < 1.29 is 8.78 Å². The molecule has 0 N–H and O–H groups in total. The van der Waals surface area contributed by atoms with Crippen LogP contribution in [0.5, 0.6) is 0 Å². The second-order valence-electron chi connectivity index (χ2n) is 3.00. The highest BCUT2D eigenvalue weighted by molar-refractivity contribution is 9.11. The molecule has 0 spiro atoms. The van der Waals surface area contributed by atoms with Crippen LogP contribution in [0.1, 0.15) is 17.7 Å². The van der Waals surface area contributed by atoms with Crippen molar-refractivity contribution in [3.63, 3.8) is 0 Å². The maximum atomic E-state index is 13.3. The molecule has 1 aromatic rings. The van der Waals surface area contributed by atoms with Crippen LogP contribution in [-0.4, -0.2) is 0 Å². The fraction of sp³-hybridized carbons (Fsp3) is 0.500. The second-order valence-corrected chi connectivity index (χ2v) is 5.46. The molecule has 1 saturated carbocycles. The Morgan fingerprint density at radius 3 is 2.50 bits per heavy atom. The van der Waals surface area contributed by atoms with E-state index in [-0.39, 0.29) is 4.88 Å². The smallest absolute Gasteiger partial charge is 0.200 e. The molecule has 1 aliphatic rings. The highest BCUT2D eigenvalue weighted by Crippen LogP contribution is 2.51. The van der Waals surface area contributed by atoms with Crippen molar-refractivity contribution in [1.29, 1.82) is 0 Å². The molecule has 0 nitrogen and oxygen atoms in total. The van der Waals surface area contributed by atoms with E-state index in [1.54, 1.807) is 6.07 Å². The SMILES string of the molecule is FC(F)(c1ccc(Br)s1)C1CC1. The van der Waals surface area contributed by atoms with Crippen LogP contribution in [0.3, 0.4) is 0 Å². The van der Waals surface area contributed by atoms with Crippen molar-refractivity contribution in [2.75, 3.05) is 0 Å². The summed E-state index contributed by atoms with van der Waals surface area (Å²) in [6.45, 7) is 0. The van der Waals surface area contributed by atoms with Gasteiger partial charge >= 0.3 is 0 Å². The lowest BCUT2D eigenvalue weighted by Crippen LogP contribution is -2.13. The Kier molecular flexibility index (Phi) is 1.99. The molecular formula is C8H7BrF2S. The Morgan fingerprint density at radius 1 is 1.42 bits per heavy atom. The molecule has 0 saturated heterocycles. The first-order valence-electron chi connectivity index (χ1n) is 3.74. The van der Waals surface area contributed by atoms with E-state index in [1.165, 1.54) is 6.07 Å². The Hall–Kier alpha value is 0.0400. The zero-order valence-corrected chi connectivity index (χ0v) is 8.59. The average molecular weight is 253 g/mol. The van der Waals surface area contributed by atoms with Crippen molar-refractivity contribution >= 4 is 27.3 Å². The molecule has 12 heavy (non-hydrogen) atoms. The molecule has 1 heterocycles. The van der Waals surface area contributed by atoms with Crippen LogP contribution in [-0.2, 0) is 5.92 Å². The van der Waals surface area contributed by atoms with Gasteiger partial charge < -0.3 is 0 Å². The summed E-state index contributed by atoms with van der Waals surface area (Å²) in [5.74, 6) is -2.99. The van der Waals surface area contributed by atoms with Crippen LogP contribution in [0.4, 0.5) is 8.78 Å². The van der Waals surface area contributed by atoms with Gasteiger partial charge in [0.2, 0.25) is 0 Å². The van der Waals surface area contributed by atoms with Gasteiger partial charge in [0, 0.05) is 5.92 Å². The number of hydrogen-bond acceptors (Lipinski definition) is 1. The van der Waals surface area contributed by atoms with E-state index >= 15 is 0 Å². The van der Waals surface area contributed by atoms with Gasteiger partial charge in [0.15, 0.2) is 0 Å². The highest BCUT2D eigenvalue weighted by Gasteiger charge is 2.48. The van der Waals surface area contributed by atoms with Gasteiger partial charge in [0.1, 0.15) is 0 Å². The average Bonchev–Trinajstić information content (AvgIpc) is 2.75. The molecule has 2 rings (SSSR count). The Balaban J connectivity index is 2.27. The summed E-state index contributed by atoms with van der Waals surface area (Å²) < 4.78 is 27.5. The molecule has 1 fully saturated rings. The quantitative estimate of drug-likeness (QED) is 0.746. The van der Waals surface area contributed by atoms with Crippen molar-refractivity contribution in [1.82, 2.24) is 0 Å². The van der Waals surface area contributed by atoms with Gasteiger partial charge in [-0.2, -0.15) is 0 Å². The lowest BCUT2D eigenvalue weighted by molar-refractivity contribution is -0.0247. The number of halogens is 3. The third-order valence-corrected chi connectivity index (χ3v) is 3.70. The minimum Gasteiger partial charge on any atom is -0.200 e. The number of alkyl halides is 2. The Labute approximate surface area is 81.7 Å². The van der Waals surface area contributed by atoms with Gasteiger partial charge in [-0.15, -0.1) is 11.3 Å². The molecule has 0 aliphatic heterocycles. The lowest BCUT2D eigenvalue weighted by atomic mass is 10.2. The molecule has 0 amide bonds. The van der Waals surface area contributed by atoms with Gasteiger partial charge in [-0.05, 0) is 40.9 Å². The molecule has 0 bridgehead atoms. The van der Waals surface area contributed by atoms with Gasteiger partial charge in [0.25, 0.3) is 5.92 Å². The van der Waals surface area contributed by atoms with Crippen molar-refractivity contribution in [3.05, 3.63) is 20.8 Å². The van der Waals surface area contributed by atoms with E-state index in [4.69, 9.17) is 0 Å². The molecular weight excluding hydrogens is 246 g/mol. The summed E-state index contributed by atoms with van der Waals surface area (Å²) in [5.41, 5.74) is 0. The lowest BCUT2D eigenvalue weighted by Gasteiger charge is -2.12. The zero-order chi connectivity index (χ0) is 8.77. The molecule has 0 atom stereocenters. The van der Waals surface area contributed by atoms with Crippen LogP contribution in [0, 0.1) is 5.92 Å². The van der Waals surface area contributed by atoms with Gasteiger partial charge in [-0.3, -0.25) is 0 Å². The topological polar surface area (TPSA) is 0 Å². The first-order valence-corrected chi connectivity index (χ1v) is 5.35. The zero-order valence-electron chi connectivity index (χ0n) is 6.19. The standard InChI is InChI=1S/C8H7BrF2S/c9-7-4-3-6(12-7)8(10,11)5-1-2-5/h3-5H,1-2H2. The largest absolute Gasteiger partial charge is 0.284 e. The van der Waals surface area contributed by atoms with Crippen molar-refractivity contribution in [3.8, 4) is 0 Å². The monoisotopic (exact) mass is 252 g/mol. The molecule has 1 aromatic heterocycles.